The molecule has 1 atom stereocenters. The summed E-state index contributed by atoms with van der Waals surface area (Å²) in [7, 11) is 0. The van der Waals surface area contributed by atoms with Crippen LogP contribution >= 0.6 is 0 Å². The number of carbonyl (C=O) groups is 2. The lowest BCUT2D eigenvalue weighted by Gasteiger charge is -2.34. The Hall–Kier alpha value is -2.04. The number of piperazine rings is 1. The summed E-state index contributed by atoms with van der Waals surface area (Å²) in [6.45, 7) is 5.48. The predicted molar refractivity (Wildman–Crippen MR) is 75.7 cm³/mol. The summed E-state index contributed by atoms with van der Waals surface area (Å²) >= 11 is 0. The van der Waals surface area contributed by atoms with E-state index in [1.165, 1.54) is 0 Å². The molecule has 5 nitrogen and oxygen atoms in total. The molecule has 1 aliphatic heterocycles. The highest BCUT2D eigenvalue weighted by atomic mass is 16.5. The van der Waals surface area contributed by atoms with Gasteiger partial charge in [0.2, 0.25) is 5.91 Å². The lowest BCUT2D eigenvalue weighted by molar-refractivity contribution is -0.127. The molecule has 108 valence electrons. The van der Waals surface area contributed by atoms with Crippen LogP contribution in [0.3, 0.4) is 0 Å². The van der Waals surface area contributed by atoms with Crippen molar-refractivity contribution in [3.63, 3.8) is 0 Å². The molecule has 2 rings (SSSR count). The Morgan fingerprint density at radius 1 is 1.35 bits per heavy atom. The van der Waals surface area contributed by atoms with Crippen LogP contribution in [0.4, 0.5) is 0 Å². The Morgan fingerprint density at radius 2 is 2.05 bits per heavy atom. The first-order valence-corrected chi connectivity index (χ1v) is 6.99. The van der Waals surface area contributed by atoms with Crippen LogP contribution in [0.25, 0.3) is 0 Å². The topological polar surface area (TPSA) is 58.6 Å². The second-order valence-corrected chi connectivity index (χ2v) is 4.67. The largest absolute Gasteiger partial charge is 0.494 e. The zero-order valence-electron chi connectivity index (χ0n) is 11.9. The molecule has 0 saturated carbocycles. The van der Waals surface area contributed by atoms with Gasteiger partial charge in [0.25, 0.3) is 5.91 Å². The average Bonchev–Trinajstić information content (AvgIpc) is 2.47. The number of ether oxygens (including phenoxy) is 1. The molecule has 0 bridgehead atoms. The van der Waals surface area contributed by atoms with Crippen molar-refractivity contribution in [2.24, 2.45) is 0 Å². The molecule has 0 radical (unpaired) electrons. The van der Waals surface area contributed by atoms with Gasteiger partial charge in [-0.3, -0.25) is 9.59 Å². The number of rotatable bonds is 4. The molecule has 5 heteroatoms. The lowest BCUT2D eigenvalue weighted by atomic mass is 10.1. The van der Waals surface area contributed by atoms with E-state index in [0.29, 0.717) is 31.7 Å². The molecule has 1 unspecified atom stereocenters. The van der Waals surface area contributed by atoms with Crippen LogP contribution < -0.4 is 10.1 Å². The van der Waals surface area contributed by atoms with E-state index in [1.807, 2.05) is 13.8 Å². The summed E-state index contributed by atoms with van der Waals surface area (Å²) in [5.41, 5.74) is 0.585. The van der Waals surface area contributed by atoms with Crippen LogP contribution in [0.1, 0.15) is 30.6 Å². The first-order valence-electron chi connectivity index (χ1n) is 6.99. The molecular formula is C15H20N2O3. The first kappa shape index (κ1) is 14.4. The Labute approximate surface area is 118 Å². The highest BCUT2D eigenvalue weighted by Gasteiger charge is 2.31. The van der Waals surface area contributed by atoms with Crippen LogP contribution in [0.15, 0.2) is 24.3 Å². The van der Waals surface area contributed by atoms with Gasteiger partial charge in [-0.05, 0) is 37.6 Å². The molecule has 1 fully saturated rings. The Bertz CT molecular complexity index is 484. The van der Waals surface area contributed by atoms with Crippen molar-refractivity contribution >= 4 is 11.8 Å². The quantitative estimate of drug-likeness (QED) is 0.905. The molecular weight excluding hydrogens is 256 g/mol. The fourth-order valence-electron chi connectivity index (χ4n) is 2.39. The van der Waals surface area contributed by atoms with Crippen molar-refractivity contribution in [1.29, 1.82) is 0 Å². The number of nitrogens with one attached hydrogen (secondary N) is 1. The third-order valence-corrected chi connectivity index (χ3v) is 3.39. The van der Waals surface area contributed by atoms with E-state index in [0.717, 1.165) is 5.75 Å². The molecule has 1 N–H and O–H groups in total. The van der Waals surface area contributed by atoms with Gasteiger partial charge in [0.05, 0.1) is 6.61 Å². The summed E-state index contributed by atoms with van der Waals surface area (Å²) < 4.78 is 5.36. The minimum absolute atomic E-state index is 0.0713. The van der Waals surface area contributed by atoms with Gasteiger partial charge in [-0.25, -0.2) is 0 Å². The van der Waals surface area contributed by atoms with E-state index in [9.17, 15) is 9.59 Å². The van der Waals surface area contributed by atoms with E-state index in [1.54, 1.807) is 29.2 Å². The molecule has 1 aromatic rings. The fraction of sp³-hybridized carbons (Fsp3) is 0.467. The lowest BCUT2D eigenvalue weighted by Crippen LogP contribution is -2.56. The molecule has 2 amide bonds. The summed E-state index contributed by atoms with van der Waals surface area (Å²) in [5, 5.41) is 2.79. The second-order valence-electron chi connectivity index (χ2n) is 4.67. The minimum atomic E-state index is -0.372. The van der Waals surface area contributed by atoms with E-state index in [2.05, 4.69) is 5.32 Å². The van der Waals surface area contributed by atoms with Crippen LogP contribution in [-0.4, -0.2) is 42.5 Å². The molecule has 0 aromatic heterocycles. The molecule has 0 spiro atoms. The van der Waals surface area contributed by atoms with E-state index >= 15 is 0 Å². The second kappa shape index (κ2) is 6.41. The van der Waals surface area contributed by atoms with Gasteiger partial charge in [0.1, 0.15) is 11.8 Å². The summed E-state index contributed by atoms with van der Waals surface area (Å²) in [6.07, 6.45) is 0.620. The number of nitrogens with zero attached hydrogens (tertiary/aromatic N) is 1. The minimum Gasteiger partial charge on any atom is -0.494 e. The number of carbonyl (C=O) groups excluding carboxylic acids is 2. The first-order chi connectivity index (χ1) is 9.67. The van der Waals surface area contributed by atoms with Gasteiger partial charge < -0.3 is 15.0 Å². The van der Waals surface area contributed by atoms with Gasteiger partial charge in [0, 0.05) is 18.7 Å². The maximum Gasteiger partial charge on any atom is 0.254 e. The maximum absolute atomic E-state index is 12.5. The third kappa shape index (κ3) is 2.92. The van der Waals surface area contributed by atoms with Crippen LogP contribution in [-0.2, 0) is 4.79 Å². The van der Waals surface area contributed by atoms with E-state index in [-0.39, 0.29) is 17.9 Å². The highest BCUT2D eigenvalue weighted by molar-refractivity contribution is 5.98. The SMILES string of the molecule is CCOc1ccc(C(=O)N2CCNC(=O)C2CC)cc1. The van der Waals surface area contributed by atoms with E-state index in [4.69, 9.17) is 4.74 Å². The van der Waals surface area contributed by atoms with Gasteiger partial charge in [-0.2, -0.15) is 0 Å². The van der Waals surface area contributed by atoms with Crippen LogP contribution in [0, 0.1) is 0 Å². The third-order valence-electron chi connectivity index (χ3n) is 3.39. The van der Waals surface area contributed by atoms with E-state index < -0.39 is 0 Å². The fourth-order valence-corrected chi connectivity index (χ4v) is 2.39. The van der Waals surface area contributed by atoms with Crippen molar-refractivity contribution in [1.82, 2.24) is 10.2 Å². The molecule has 1 aliphatic rings. The number of hydrogen-bond donors (Lipinski definition) is 1. The number of hydrogen-bond acceptors (Lipinski definition) is 3. The molecule has 0 aliphatic carbocycles. The zero-order chi connectivity index (χ0) is 14.5. The number of benzene rings is 1. The Balaban J connectivity index is 2.14. The summed E-state index contributed by atoms with van der Waals surface area (Å²) in [6, 6.07) is 6.67. The summed E-state index contributed by atoms with van der Waals surface area (Å²) in [5.74, 6) is 0.570. The maximum atomic E-state index is 12.5. The molecule has 1 aromatic carbocycles. The standard InChI is InChI=1S/C15H20N2O3/c1-3-13-14(18)16-9-10-17(13)15(19)11-5-7-12(8-6-11)20-4-2/h5-8,13H,3-4,9-10H2,1-2H3,(H,16,18). The number of amides is 2. The van der Waals surface area contributed by atoms with Gasteiger partial charge in [-0.15, -0.1) is 0 Å². The van der Waals surface area contributed by atoms with Crippen molar-refractivity contribution in [3.8, 4) is 5.75 Å². The smallest absolute Gasteiger partial charge is 0.254 e. The van der Waals surface area contributed by atoms with Gasteiger partial charge in [-0.1, -0.05) is 6.92 Å². The van der Waals surface area contributed by atoms with Gasteiger partial charge >= 0.3 is 0 Å². The van der Waals surface area contributed by atoms with Crippen molar-refractivity contribution in [2.75, 3.05) is 19.7 Å². The highest BCUT2D eigenvalue weighted by Crippen LogP contribution is 2.17. The Kier molecular flexibility index (Phi) is 4.61. The summed E-state index contributed by atoms with van der Waals surface area (Å²) in [4.78, 5) is 25.9. The molecule has 1 saturated heterocycles. The Morgan fingerprint density at radius 3 is 2.65 bits per heavy atom. The monoisotopic (exact) mass is 276 g/mol. The normalized spacial score (nSPS) is 18.6. The zero-order valence-corrected chi connectivity index (χ0v) is 11.9. The van der Waals surface area contributed by atoms with Gasteiger partial charge in [0.15, 0.2) is 0 Å². The predicted octanol–water partition coefficient (Wildman–Crippen LogP) is 1.44. The average molecular weight is 276 g/mol. The van der Waals surface area contributed by atoms with Crippen molar-refractivity contribution in [3.05, 3.63) is 29.8 Å². The van der Waals surface area contributed by atoms with Crippen LogP contribution in [0.2, 0.25) is 0 Å². The van der Waals surface area contributed by atoms with Crippen molar-refractivity contribution < 1.29 is 14.3 Å². The molecule has 1 heterocycles. The molecule has 20 heavy (non-hydrogen) atoms. The van der Waals surface area contributed by atoms with Crippen molar-refractivity contribution in [2.45, 2.75) is 26.3 Å². The van der Waals surface area contributed by atoms with Crippen LogP contribution in [0.5, 0.6) is 5.75 Å².